The molecule has 0 aliphatic rings. The fourth-order valence-corrected chi connectivity index (χ4v) is 2.35. The van der Waals surface area contributed by atoms with E-state index in [2.05, 4.69) is 10.6 Å². The maximum atomic E-state index is 13.0. The van der Waals surface area contributed by atoms with Crippen LogP contribution in [0.5, 0.6) is 5.75 Å². The van der Waals surface area contributed by atoms with E-state index in [1.54, 1.807) is 24.3 Å². The molecule has 0 fully saturated rings. The van der Waals surface area contributed by atoms with Crippen molar-refractivity contribution in [1.82, 2.24) is 0 Å². The van der Waals surface area contributed by atoms with Gasteiger partial charge in [0.25, 0.3) is 0 Å². The minimum absolute atomic E-state index is 0.0295. The van der Waals surface area contributed by atoms with Crippen molar-refractivity contribution in [1.29, 1.82) is 0 Å². The number of halogens is 4. The van der Waals surface area contributed by atoms with E-state index < -0.39 is 17.6 Å². The highest BCUT2D eigenvalue weighted by Gasteiger charge is 2.33. The number of hydrogen-bond acceptors (Lipinski definition) is 3. The van der Waals surface area contributed by atoms with Crippen LogP contribution < -0.4 is 15.4 Å². The van der Waals surface area contributed by atoms with E-state index in [9.17, 15) is 18.0 Å². The summed E-state index contributed by atoms with van der Waals surface area (Å²) in [5.74, 6) is 0.178. The maximum Gasteiger partial charge on any atom is 0.418 e. The van der Waals surface area contributed by atoms with Gasteiger partial charge in [-0.2, -0.15) is 13.2 Å². The number of benzene rings is 2. The molecule has 0 heterocycles. The van der Waals surface area contributed by atoms with Crippen molar-refractivity contribution in [2.45, 2.75) is 26.1 Å². The highest BCUT2D eigenvalue weighted by atomic mass is 35.5. The summed E-state index contributed by atoms with van der Waals surface area (Å²) in [7, 11) is 0. The lowest BCUT2D eigenvalue weighted by molar-refractivity contribution is -0.137. The topological polar surface area (TPSA) is 50.4 Å². The van der Waals surface area contributed by atoms with Crippen LogP contribution in [0.1, 0.15) is 19.4 Å². The fourth-order valence-electron chi connectivity index (χ4n) is 2.17. The number of carbonyl (C=O) groups is 1. The molecule has 0 atom stereocenters. The first-order valence-corrected chi connectivity index (χ1v) is 8.20. The zero-order valence-electron chi connectivity index (χ0n) is 14.2. The van der Waals surface area contributed by atoms with Crippen molar-refractivity contribution >= 4 is 28.9 Å². The van der Waals surface area contributed by atoms with E-state index >= 15 is 0 Å². The van der Waals surface area contributed by atoms with Gasteiger partial charge in [0, 0.05) is 16.4 Å². The SMILES string of the molecule is CC(C)Oc1ccc(NC(=O)CNc2ccc(Cl)cc2C(F)(F)F)cc1. The van der Waals surface area contributed by atoms with Crippen LogP contribution in [0.15, 0.2) is 42.5 Å². The molecule has 4 nitrogen and oxygen atoms in total. The van der Waals surface area contributed by atoms with Crippen molar-refractivity contribution < 1.29 is 22.7 Å². The number of ether oxygens (including phenoxy) is 1. The standard InChI is InChI=1S/C18H18ClF3N2O2/c1-11(2)26-14-6-4-13(5-7-14)24-17(25)10-23-16-8-3-12(19)9-15(16)18(20,21)22/h3-9,11,23H,10H2,1-2H3,(H,24,25). The number of nitrogens with one attached hydrogen (secondary N) is 2. The number of anilines is 2. The number of carbonyl (C=O) groups excluding carboxylic acids is 1. The van der Waals surface area contributed by atoms with E-state index in [4.69, 9.17) is 16.3 Å². The van der Waals surface area contributed by atoms with Crippen molar-refractivity contribution in [2.75, 3.05) is 17.2 Å². The van der Waals surface area contributed by atoms with E-state index in [-0.39, 0.29) is 23.4 Å². The van der Waals surface area contributed by atoms with Crippen LogP contribution >= 0.6 is 11.6 Å². The monoisotopic (exact) mass is 386 g/mol. The molecule has 0 aliphatic heterocycles. The lowest BCUT2D eigenvalue weighted by Crippen LogP contribution is -2.23. The quantitative estimate of drug-likeness (QED) is 0.717. The van der Waals surface area contributed by atoms with Gasteiger partial charge < -0.3 is 15.4 Å². The van der Waals surface area contributed by atoms with Crippen molar-refractivity contribution in [2.24, 2.45) is 0 Å². The van der Waals surface area contributed by atoms with Gasteiger partial charge in [-0.05, 0) is 56.3 Å². The second kappa shape index (κ2) is 8.31. The van der Waals surface area contributed by atoms with Crippen LogP contribution in [-0.4, -0.2) is 18.6 Å². The molecule has 8 heteroatoms. The molecule has 0 saturated heterocycles. The van der Waals surface area contributed by atoms with Crippen molar-refractivity contribution in [3.8, 4) is 5.75 Å². The predicted octanol–water partition coefficient (Wildman–Crippen LogP) is 5.20. The molecule has 2 aromatic carbocycles. The van der Waals surface area contributed by atoms with E-state index in [1.165, 1.54) is 12.1 Å². The first kappa shape index (κ1) is 19.9. The average molecular weight is 387 g/mol. The fraction of sp³-hybridized carbons (Fsp3) is 0.278. The number of alkyl halides is 3. The van der Waals surface area contributed by atoms with Gasteiger partial charge >= 0.3 is 6.18 Å². The summed E-state index contributed by atoms with van der Waals surface area (Å²) in [5.41, 5.74) is -0.620. The van der Waals surface area contributed by atoms with E-state index in [0.717, 1.165) is 6.07 Å². The summed E-state index contributed by atoms with van der Waals surface area (Å²) in [5, 5.41) is 5.06. The predicted molar refractivity (Wildman–Crippen MR) is 95.8 cm³/mol. The molecule has 2 rings (SSSR count). The van der Waals surface area contributed by atoms with Crippen LogP contribution in [0, 0.1) is 0 Å². The molecule has 0 spiro atoms. The highest BCUT2D eigenvalue weighted by molar-refractivity contribution is 6.30. The molecule has 0 bridgehead atoms. The van der Waals surface area contributed by atoms with E-state index in [0.29, 0.717) is 11.4 Å². The summed E-state index contributed by atoms with van der Waals surface area (Å²) in [6, 6.07) is 10.0. The summed E-state index contributed by atoms with van der Waals surface area (Å²) >= 11 is 5.62. The van der Waals surface area contributed by atoms with Gasteiger partial charge in [-0.3, -0.25) is 4.79 Å². The third-order valence-corrected chi connectivity index (χ3v) is 3.47. The number of rotatable bonds is 6. The summed E-state index contributed by atoms with van der Waals surface area (Å²) in [6.45, 7) is 3.47. The molecule has 0 aromatic heterocycles. The van der Waals surface area contributed by atoms with E-state index in [1.807, 2.05) is 13.8 Å². The minimum atomic E-state index is -4.57. The zero-order valence-corrected chi connectivity index (χ0v) is 14.9. The molecule has 0 saturated carbocycles. The molecule has 2 aromatic rings. The molecule has 26 heavy (non-hydrogen) atoms. The molecular weight excluding hydrogens is 369 g/mol. The maximum absolute atomic E-state index is 13.0. The largest absolute Gasteiger partial charge is 0.491 e. The molecule has 1 amide bonds. The van der Waals surface area contributed by atoms with Gasteiger partial charge in [0.15, 0.2) is 0 Å². The lowest BCUT2D eigenvalue weighted by Gasteiger charge is -2.15. The van der Waals surface area contributed by atoms with Crippen molar-refractivity contribution in [3.63, 3.8) is 0 Å². The normalized spacial score (nSPS) is 11.3. The minimum Gasteiger partial charge on any atom is -0.491 e. The Morgan fingerprint density at radius 3 is 2.38 bits per heavy atom. The molecule has 0 radical (unpaired) electrons. The zero-order chi connectivity index (χ0) is 19.3. The first-order chi connectivity index (χ1) is 12.1. The Bertz CT molecular complexity index is 762. The molecule has 2 N–H and O–H groups in total. The van der Waals surface area contributed by atoms with Gasteiger partial charge in [0.2, 0.25) is 5.91 Å². The van der Waals surface area contributed by atoms with Crippen LogP contribution in [0.25, 0.3) is 0 Å². The Hall–Kier alpha value is -2.41. The lowest BCUT2D eigenvalue weighted by atomic mass is 10.1. The molecule has 140 valence electrons. The summed E-state index contributed by atoms with van der Waals surface area (Å²) in [4.78, 5) is 12.0. The van der Waals surface area contributed by atoms with Gasteiger partial charge in [-0.25, -0.2) is 0 Å². The highest BCUT2D eigenvalue weighted by Crippen LogP contribution is 2.36. The molecule has 0 aliphatic carbocycles. The Labute approximate surface area is 154 Å². The van der Waals surface area contributed by atoms with Crippen molar-refractivity contribution in [3.05, 3.63) is 53.1 Å². The third kappa shape index (κ3) is 5.84. The second-order valence-corrected chi connectivity index (χ2v) is 6.22. The second-order valence-electron chi connectivity index (χ2n) is 5.78. The number of amides is 1. The summed E-state index contributed by atoms with van der Waals surface area (Å²) < 4.78 is 44.5. The summed E-state index contributed by atoms with van der Waals surface area (Å²) in [6.07, 6.45) is -4.54. The van der Waals surface area contributed by atoms with Gasteiger partial charge in [0.05, 0.1) is 18.2 Å². The third-order valence-electron chi connectivity index (χ3n) is 3.24. The molecule has 0 unspecified atom stereocenters. The van der Waals surface area contributed by atoms with Crippen LogP contribution in [0.3, 0.4) is 0 Å². The van der Waals surface area contributed by atoms with Crippen LogP contribution in [-0.2, 0) is 11.0 Å². The average Bonchev–Trinajstić information content (AvgIpc) is 2.54. The Kier molecular flexibility index (Phi) is 6.37. The van der Waals surface area contributed by atoms with Gasteiger partial charge in [0.1, 0.15) is 5.75 Å². The van der Waals surface area contributed by atoms with Gasteiger partial charge in [-0.1, -0.05) is 11.6 Å². The Balaban J connectivity index is 1.97. The molecular formula is C18H18ClF3N2O2. The van der Waals surface area contributed by atoms with Gasteiger partial charge in [-0.15, -0.1) is 0 Å². The Morgan fingerprint density at radius 1 is 1.15 bits per heavy atom. The first-order valence-electron chi connectivity index (χ1n) is 7.82. The van der Waals surface area contributed by atoms with Crippen LogP contribution in [0.4, 0.5) is 24.5 Å². The van der Waals surface area contributed by atoms with Crippen LogP contribution in [0.2, 0.25) is 5.02 Å². The number of hydrogen-bond donors (Lipinski definition) is 2. The smallest absolute Gasteiger partial charge is 0.418 e. The Morgan fingerprint density at radius 2 is 1.81 bits per heavy atom.